The van der Waals surface area contributed by atoms with Gasteiger partial charge in [0.05, 0.1) is 0 Å². The number of rotatable bonds is 2. The molecule has 0 amide bonds. The molecule has 70 valence electrons. The van der Waals surface area contributed by atoms with Gasteiger partial charge in [-0.25, -0.2) is 0 Å². The summed E-state index contributed by atoms with van der Waals surface area (Å²) in [4.78, 5) is 0. The molecule has 1 N–H and O–H groups in total. The number of thiocarbonyl (C=S) groups is 1. The number of nitrogens with one attached hydrogen (secondary N) is 1. The first kappa shape index (κ1) is 10.4. The molecule has 4 heteroatoms. The van der Waals surface area contributed by atoms with Gasteiger partial charge in [0.25, 0.3) is 0 Å². The van der Waals surface area contributed by atoms with E-state index >= 15 is 0 Å². The second-order valence-corrected chi connectivity index (χ2v) is 7.01. The van der Waals surface area contributed by atoms with Crippen molar-refractivity contribution in [2.75, 3.05) is 18.6 Å². The molecule has 0 saturated heterocycles. The lowest BCUT2D eigenvalue weighted by atomic mass is 10.3. The van der Waals surface area contributed by atoms with Crippen molar-refractivity contribution in [3.8, 4) is 0 Å². The zero-order chi connectivity index (χ0) is 9.90. The van der Waals surface area contributed by atoms with E-state index in [-0.39, 0.29) is 0 Å². The van der Waals surface area contributed by atoms with E-state index in [1.165, 1.54) is 0 Å². The minimum absolute atomic E-state index is 0.429. The quantitative estimate of drug-likeness (QED) is 0.604. The normalized spacial score (nSPS) is 10.9. The van der Waals surface area contributed by atoms with Crippen LogP contribution in [0.4, 0.5) is 5.69 Å². The van der Waals surface area contributed by atoms with Gasteiger partial charge in [0.1, 0.15) is 11.9 Å². The Hall–Kier alpha value is -0.660. The molecule has 0 unspecified atom stereocenters. The van der Waals surface area contributed by atoms with E-state index in [0.29, 0.717) is 4.73 Å². The second kappa shape index (κ2) is 4.03. The lowest BCUT2D eigenvalue weighted by Gasteiger charge is -2.10. The lowest BCUT2D eigenvalue weighted by molar-refractivity contribution is 0.590. The molecule has 0 aliphatic carbocycles. The summed E-state index contributed by atoms with van der Waals surface area (Å²) in [6, 6.07) is 9.51. The zero-order valence-corrected chi connectivity index (χ0v) is 9.36. The van der Waals surface area contributed by atoms with Gasteiger partial charge in [-0.3, -0.25) is 0 Å². The van der Waals surface area contributed by atoms with Gasteiger partial charge in [-0.1, -0.05) is 30.4 Å². The van der Waals surface area contributed by atoms with Crippen LogP contribution in [0.5, 0.6) is 0 Å². The van der Waals surface area contributed by atoms with Crippen molar-refractivity contribution < 1.29 is 4.57 Å². The highest BCUT2D eigenvalue weighted by Crippen LogP contribution is 2.38. The van der Waals surface area contributed by atoms with Crippen molar-refractivity contribution in [3.05, 3.63) is 30.3 Å². The average molecular weight is 213 g/mol. The van der Waals surface area contributed by atoms with Crippen LogP contribution in [-0.2, 0) is 4.57 Å². The third-order valence-electron chi connectivity index (χ3n) is 1.51. The summed E-state index contributed by atoms with van der Waals surface area (Å²) in [6.07, 6.45) is 0. The summed E-state index contributed by atoms with van der Waals surface area (Å²) in [6.45, 7) is 3.32. The Labute approximate surface area is 83.7 Å². The second-order valence-electron chi connectivity index (χ2n) is 3.15. The maximum Gasteiger partial charge on any atom is 0.140 e. The monoisotopic (exact) mass is 213 g/mol. The standard InChI is InChI=1S/C9H12NOPS/c1-12(2,11)9(13)10-8-6-4-3-5-7-8/h3-7H,1-2H3,(H,10,13). The molecule has 0 aromatic heterocycles. The van der Waals surface area contributed by atoms with Gasteiger partial charge in [0, 0.05) is 5.69 Å². The number of benzene rings is 1. The molecule has 0 aliphatic rings. The largest absolute Gasteiger partial charge is 0.344 e. The van der Waals surface area contributed by atoms with Crippen molar-refractivity contribution in [2.45, 2.75) is 0 Å². The fourth-order valence-electron chi connectivity index (χ4n) is 0.780. The van der Waals surface area contributed by atoms with Crippen LogP contribution in [0.15, 0.2) is 30.3 Å². The van der Waals surface area contributed by atoms with Crippen molar-refractivity contribution in [2.24, 2.45) is 0 Å². The minimum Gasteiger partial charge on any atom is -0.344 e. The maximum atomic E-state index is 11.5. The van der Waals surface area contributed by atoms with Crippen molar-refractivity contribution >= 4 is 29.8 Å². The lowest BCUT2D eigenvalue weighted by Crippen LogP contribution is -2.08. The van der Waals surface area contributed by atoms with Gasteiger partial charge in [0.15, 0.2) is 0 Å². The maximum absolute atomic E-state index is 11.5. The summed E-state index contributed by atoms with van der Waals surface area (Å²) in [5, 5.41) is 2.95. The van der Waals surface area contributed by atoms with Gasteiger partial charge < -0.3 is 9.88 Å². The molecule has 0 spiro atoms. The molecule has 0 heterocycles. The van der Waals surface area contributed by atoms with E-state index in [1.54, 1.807) is 13.3 Å². The van der Waals surface area contributed by atoms with Crippen LogP contribution in [0.1, 0.15) is 0 Å². The molecule has 0 fully saturated rings. The smallest absolute Gasteiger partial charge is 0.140 e. The highest BCUT2D eigenvalue weighted by atomic mass is 32.1. The van der Waals surface area contributed by atoms with Crippen LogP contribution in [0.2, 0.25) is 0 Å². The molecular weight excluding hydrogens is 201 g/mol. The minimum atomic E-state index is -2.30. The Bertz CT molecular complexity index is 344. The molecule has 0 radical (unpaired) electrons. The molecule has 1 aromatic carbocycles. The summed E-state index contributed by atoms with van der Waals surface area (Å²) in [5.74, 6) is 0. The Morgan fingerprint density at radius 2 is 1.85 bits per heavy atom. The van der Waals surface area contributed by atoms with Crippen molar-refractivity contribution in [1.29, 1.82) is 0 Å². The van der Waals surface area contributed by atoms with Crippen LogP contribution in [-0.4, -0.2) is 18.1 Å². The van der Waals surface area contributed by atoms with Crippen molar-refractivity contribution in [1.82, 2.24) is 0 Å². The molecule has 1 aromatic rings. The van der Waals surface area contributed by atoms with Crippen LogP contribution >= 0.6 is 19.4 Å². The fourth-order valence-corrected chi connectivity index (χ4v) is 1.30. The van der Waals surface area contributed by atoms with E-state index in [2.05, 4.69) is 5.32 Å². The van der Waals surface area contributed by atoms with Gasteiger partial charge in [-0.2, -0.15) is 0 Å². The summed E-state index contributed by atoms with van der Waals surface area (Å²) in [7, 11) is -2.30. The molecule has 0 aliphatic heterocycles. The Balaban J connectivity index is 2.72. The predicted molar refractivity (Wildman–Crippen MR) is 62.1 cm³/mol. The van der Waals surface area contributed by atoms with E-state index in [9.17, 15) is 4.57 Å². The van der Waals surface area contributed by atoms with E-state index < -0.39 is 7.14 Å². The Morgan fingerprint density at radius 1 is 1.31 bits per heavy atom. The predicted octanol–water partition coefficient (Wildman–Crippen LogP) is 3.01. The molecule has 13 heavy (non-hydrogen) atoms. The van der Waals surface area contributed by atoms with E-state index in [1.807, 2.05) is 30.3 Å². The summed E-state index contributed by atoms with van der Waals surface area (Å²) >= 11 is 5.00. The molecule has 2 nitrogen and oxygen atoms in total. The van der Waals surface area contributed by atoms with E-state index in [4.69, 9.17) is 12.2 Å². The van der Waals surface area contributed by atoms with Crippen LogP contribution < -0.4 is 5.32 Å². The molecular formula is C9H12NOPS. The average Bonchev–Trinajstić information content (AvgIpc) is 2.04. The third kappa shape index (κ3) is 3.29. The highest BCUT2D eigenvalue weighted by Gasteiger charge is 2.13. The van der Waals surface area contributed by atoms with Gasteiger partial charge in [-0.05, 0) is 25.5 Å². The summed E-state index contributed by atoms with van der Waals surface area (Å²) < 4.78 is 11.9. The zero-order valence-electron chi connectivity index (χ0n) is 7.65. The topological polar surface area (TPSA) is 29.1 Å². The molecule has 0 bridgehead atoms. The van der Waals surface area contributed by atoms with Crippen molar-refractivity contribution in [3.63, 3.8) is 0 Å². The van der Waals surface area contributed by atoms with Crippen LogP contribution in [0, 0.1) is 0 Å². The van der Waals surface area contributed by atoms with E-state index in [0.717, 1.165) is 5.69 Å². The summed E-state index contributed by atoms with van der Waals surface area (Å²) in [5.41, 5.74) is 0.886. The van der Waals surface area contributed by atoms with Crippen LogP contribution in [0.3, 0.4) is 0 Å². The SMILES string of the molecule is CP(C)(=O)C(=S)Nc1ccccc1. The molecule has 1 rings (SSSR count). The van der Waals surface area contributed by atoms with Gasteiger partial charge in [-0.15, -0.1) is 0 Å². The first-order valence-electron chi connectivity index (χ1n) is 3.92. The highest BCUT2D eigenvalue weighted by molar-refractivity contribution is 8.01. The fraction of sp³-hybridized carbons (Fsp3) is 0.222. The number of anilines is 1. The molecule has 0 atom stereocenters. The Morgan fingerprint density at radius 3 is 2.31 bits per heavy atom. The molecule has 0 saturated carbocycles. The first-order chi connectivity index (χ1) is 6.00. The Kier molecular flexibility index (Phi) is 3.23. The first-order valence-corrected chi connectivity index (χ1v) is 6.92. The number of hydrogen-bond donors (Lipinski definition) is 1. The third-order valence-corrected chi connectivity index (χ3v) is 4.03. The van der Waals surface area contributed by atoms with Gasteiger partial charge >= 0.3 is 0 Å². The number of para-hydroxylation sites is 1. The number of hydrogen-bond acceptors (Lipinski definition) is 2. The van der Waals surface area contributed by atoms with Crippen LogP contribution in [0.25, 0.3) is 0 Å². The van der Waals surface area contributed by atoms with Gasteiger partial charge in [0.2, 0.25) is 0 Å².